The van der Waals surface area contributed by atoms with Crippen molar-refractivity contribution in [2.24, 2.45) is 0 Å². The Hall–Kier alpha value is -0.415. The Balaban J connectivity index is 2.56. The highest BCUT2D eigenvalue weighted by Crippen LogP contribution is 2.68. The van der Waals surface area contributed by atoms with E-state index in [0.29, 0.717) is 0 Å². The van der Waals surface area contributed by atoms with Crippen LogP contribution in [-0.4, -0.2) is 25.3 Å². The fraction of sp³-hybridized carbons (Fsp3) is 0.333. The SMILES string of the molecule is [B][P+](C[P@](C)(=S)C(C)(C)C)(c1ccccc1)c1ccccc1. The summed E-state index contributed by atoms with van der Waals surface area (Å²) in [5, 5.41) is 2.64. The third-order valence-corrected chi connectivity index (χ3v) is 16.2. The van der Waals surface area contributed by atoms with E-state index in [-0.39, 0.29) is 5.16 Å². The van der Waals surface area contributed by atoms with E-state index < -0.39 is 13.2 Å². The summed E-state index contributed by atoms with van der Waals surface area (Å²) < 4.78 is 0. The van der Waals surface area contributed by atoms with E-state index in [1.807, 2.05) is 12.1 Å². The Bertz CT molecular complexity index is 623. The summed E-state index contributed by atoms with van der Waals surface area (Å²) in [5.41, 5.74) is 0. The normalized spacial score (nSPS) is 15.3. The summed E-state index contributed by atoms with van der Waals surface area (Å²) in [4.78, 5) is 0. The molecule has 2 aromatic carbocycles. The third-order valence-electron chi connectivity index (χ3n) is 4.35. The van der Waals surface area contributed by atoms with E-state index in [4.69, 9.17) is 19.4 Å². The molecule has 0 aliphatic rings. The van der Waals surface area contributed by atoms with Gasteiger partial charge in [-0.15, -0.1) is 0 Å². The molecule has 22 heavy (non-hydrogen) atoms. The van der Waals surface area contributed by atoms with E-state index in [9.17, 15) is 0 Å². The highest BCUT2D eigenvalue weighted by atomic mass is 32.4. The number of hydrogen-bond donors (Lipinski definition) is 0. The van der Waals surface area contributed by atoms with Gasteiger partial charge in [-0.1, -0.05) is 69.0 Å². The molecule has 2 aromatic rings. The van der Waals surface area contributed by atoms with Gasteiger partial charge in [-0.3, -0.25) is 0 Å². The molecular weight excluding hydrogens is 321 g/mol. The van der Waals surface area contributed by atoms with Crippen molar-refractivity contribution in [1.29, 1.82) is 0 Å². The van der Waals surface area contributed by atoms with Crippen LogP contribution in [0.3, 0.4) is 0 Å². The molecule has 0 aliphatic carbocycles. The van der Waals surface area contributed by atoms with Gasteiger partial charge in [0, 0.05) is 7.14 Å². The summed E-state index contributed by atoms with van der Waals surface area (Å²) >= 11 is 6.09. The lowest BCUT2D eigenvalue weighted by Crippen LogP contribution is -2.28. The molecule has 114 valence electrons. The first kappa shape index (κ1) is 17.9. The summed E-state index contributed by atoms with van der Waals surface area (Å²) in [6.07, 6.45) is 0. The highest BCUT2D eigenvalue weighted by molar-refractivity contribution is 8.23. The van der Waals surface area contributed by atoms with Crippen LogP contribution in [-0.2, 0) is 11.8 Å². The van der Waals surface area contributed by atoms with Crippen molar-refractivity contribution in [2.75, 3.05) is 12.6 Å². The van der Waals surface area contributed by atoms with Crippen molar-refractivity contribution >= 4 is 43.2 Å². The molecule has 0 nitrogen and oxygen atoms in total. The van der Waals surface area contributed by atoms with E-state index in [1.54, 1.807) is 0 Å². The Morgan fingerprint density at radius 1 is 0.909 bits per heavy atom. The molecule has 0 aromatic heterocycles. The molecule has 0 spiro atoms. The minimum absolute atomic E-state index is 0.135. The van der Waals surface area contributed by atoms with Gasteiger partial charge in [-0.05, 0) is 42.1 Å². The maximum atomic E-state index is 7.10. The monoisotopic (exact) mass is 345 g/mol. The summed E-state index contributed by atoms with van der Waals surface area (Å²) in [6.45, 7) is 9.05. The van der Waals surface area contributed by atoms with Gasteiger partial charge in [0.2, 0.25) is 0 Å². The summed E-state index contributed by atoms with van der Waals surface area (Å²) in [5.74, 6) is 0.937. The zero-order chi connectivity index (χ0) is 16.4. The van der Waals surface area contributed by atoms with Crippen LogP contribution < -0.4 is 10.6 Å². The number of benzene rings is 2. The Morgan fingerprint density at radius 2 is 1.27 bits per heavy atom. The van der Waals surface area contributed by atoms with Crippen LogP contribution in [0, 0.1) is 0 Å². The fourth-order valence-corrected chi connectivity index (χ4v) is 12.1. The lowest BCUT2D eigenvalue weighted by atomic mass is 10.3. The van der Waals surface area contributed by atoms with E-state index >= 15 is 0 Å². The molecule has 0 bridgehead atoms. The smallest absolute Gasteiger partial charge is 0.0934 e. The van der Waals surface area contributed by atoms with Gasteiger partial charge >= 0.3 is 7.57 Å². The van der Waals surface area contributed by atoms with E-state index in [1.165, 1.54) is 10.6 Å². The van der Waals surface area contributed by atoms with Crippen molar-refractivity contribution in [3.8, 4) is 0 Å². The van der Waals surface area contributed by atoms with Crippen molar-refractivity contribution in [3.63, 3.8) is 0 Å². The van der Waals surface area contributed by atoms with Crippen LogP contribution in [0.5, 0.6) is 0 Å². The van der Waals surface area contributed by atoms with Crippen molar-refractivity contribution in [1.82, 2.24) is 0 Å². The average molecular weight is 345 g/mol. The maximum Gasteiger partial charge on any atom is 0.377 e. The van der Waals surface area contributed by atoms with Crippen LogP contribution in [0.2, 0.25) is 0 Å². The molecule has 2 radical (unpaired) electrons. The molecule has 0 unspecified atom stereocenters. The first-order chi connectivity index (χ1) is 10.2. The largest absolute Gasteiger partial charge is 0.377 e. The minimum atomic E-state index is -1.95. The van der Waals surface area contributed by atoms with Crippen molar-refractivity contribution in [3.05, 3.63) is 60.7 Å². The zero-order valence-corrected chi connectivity index (χ0v) is 16.5. The standard InChI is InChI=1S/C18H24BP2S/c1-18(2,3)20(4,22)15-21(19,16-11-7-5-8-12-16)17-13-9-6-10-14-17/h5-14H,15H2,1-4H3/q+1/t20-/m0/s1. The van der Waals surface area contributed by atoms with Crippen molar-refractivity contribution < 1.29 is 0 Å². The molecule has 0 saturated heterocycles. The second kappa shape index (κ2) is 6.60. The van der Waals surface area contributed by atoms with Crippen molar-refractivity contribution in [2.45, 2.75) is 25.9 Å². The molecule has 0 heterocycles. The van der Waals surface area contributed by atoms with Gasteiger partial charge in [0.15, 0.2) is 0 Å². The Kier molecular flexibility index (Phi) is 5.38. The molecule has 0 amide bonds. The van der Waals surface area contributed by atoms with Gasteiger partial charge in [0.1, 0.15) is 0 Å². The average Bonchev–Trinajstić information content (AvgIpc) is 2.47. The maximum absolute atomic E-state index is 7.10. The second-order valence-corrected chi connectivity index (χ2v) is 16.8. The summed E-state index contributed by atoms with van der Waals surface area (Å²) in [6, 6.07) is 19.5. The van der Waals surface area contributed by atoms with E-state index in [2.05, 4.69) is 76.0 Å². The molecule has 0 aliphatic heterocycles. The minimum Gasteiger partial charge on any atom is -0.0934 e. The number of hydrogen-bond acceptors (Lipinski definition) is 1. The molecule has 0 fully saturated rings. The predicted octanol–water partition coefficient (Wildman–Crippen LogP) is 4.60. The Morgan fingerprint density at radius 3 is 1.59 bits per heavy atom. The zero-order valence-electron chi connectivity index (χ0n) is 13.9. The number of rotatable bonds is 4. The second-order valence-electron chi connectivity index (χ2n) is 6.95. The molecular formula is C18H24BP2S+. The fourth-order valence-electron chi connectivity index (χ4n) is 2.34. The molecule has 2 rings (SSSR count). The molecule has 0 saturated carbocycles. The van der Waals surface area contributed by atoms with Crippen LogP contribution in [0.1, 0.15) is 20.8 Å². The van der Waals surface area contributed by atoms with Gasteiger partial charge in [0.05, 0.1) is 16.5 Å². The van der Waals surface area contributed by atoms with Crippen LogP contribution in [0.15, 0.2) is 60.7 Å². The molecule has 1 atom stereocenters. The summed E-state index contributed by atoms with van der Waals surface area (Å²) in [7, 11) is 5.15. The van der Waals surface area contributed by atoms with Crippen LogP contribution in [0.4, 0.5) is 0 Å². The molecule has 4 heteroatoms. The Labute approximate surface area is 142 Å². The highest BCUT2D eigenvalue weighted by Gasteiger charge is 2.44. The van der Waals surface area contributed by atoms with Crippen LogP contribution in [0.25, 0.3) is 0 Å². The lowest BCUT2D eigenvalue weighted by molar-refractivity contribution is 0.786. The molecule has 0 N–H and O–H groups in total. The van der Waals surface area contributed by atoms with E-state index in [0.717, 1.165) is 5.90 Å². The topological polar surface area (TPSA) is 0 Å². The van der Waals surface area contributed by atoms with Gasteiger partial charge < -0.3 is 0 Å². The first-order valence-corrected chi connectivity index (χ1v) is 13.0. The van der Waals surface area contributed by atoms with Crippen LogP contribution >= 0.6 is 13.2 Å². The predicted molar refractivity (Wildman–Crippen MR) is 110 cm³/mol. The first-order valence-electron chi connectivity index (χ1n) is 7.51. The van der Waals surface area contributed by atoms with Gasteiger partial charge in [-0.2, -0.15) is 0 Å². The quantitative estimate of drug-likeness (QED) is 0.576. The lowest BCUT2D eigenvalue weighted by Gasteiger charge is -2.36. The van der Waals surface area contributed by atoms with Gasteiger partial charge in [-0.25, -0.2) is 0 Å². The van der Waals surface area contributed by atoms with Gasteiger partial charge in [0.25, 0.3) is 0 Å². The third kappa shape index (κ3) is 3.73.